The van der Waals surface area contributed by atoms with Crippen molar-refractivity contribution in [3.63, 3.8) is 0 Å². The first-order chi connectivity index (χ1) is 10.4. The fourth-order valence-electron chi connectivity index (χ4n) is 4.54. The van der Waals surface area contributed by atoms with Crippen molar-refractivity contribution in [1.29, 1.82) is 0 Å². The highest BCUT2D eigenvalue weighted by molar-refractivity contribution is 8.00. The minimum absolute atomic E-state index is 0.511. The molecule has 2 aromatic rings. The molecule has 2 unspecified atom stereocenters. The summed E-state index contributed by atoms with van der Waals surface area (Å²) in [4.78, 5) is 0. The third-order valence-electron chi connectivity index (χ3n) is 5.42. The van der Waals surface area contributed by atoms with Gasteiger partial charge >= 0.3 is 0 Å². The Morgan fingerprint density at radius 1 is 0.762 bits per heavy atom. The van der Waals surface area contributed by atoms with Gasteiger partial charge in [-0.25, -0.2) is 0 Å². The average molecular weight is 290 g/mol. The summed E-state index contributed by atoms with van der Waals surface area (Å²) < 4.78 is 0. The molecule has 0 aromatic heterocycles. The fourth-order valence-corrected chi connectivity index (χ4v) is 6.45. The minimum Gasteiger partial charge on any atom is -0.144 e. The van der Waals surface area contributed by atoms with E-state index in [1.807, 2.05) is 0 Å². The van der Waals surface area contributed by atoms with Gasteiger partial charge in [-0.15, -0.1) is 11.8 Å². The molecule has 0 saturated heterocycles. The Balaban J connectivity index is 1.67. The number of hydrogen-bond acceptors (Lipinski definition) is 1. The predicted octanol–water partition coefficient (Wildman–Crippen LogP) is 5.18. The topological polar surface area (TPSA) is 0 Å². The van der Waals surface area contributed by atoms with Crippen LogP contribution in [0.3, 0.4) is 0 Å². The van der Waals surface area contributed by atoms with Crippen LogP contribution in [-0.2, 0) is 0 Å². The van der Waals surface area contributed by atoms with Gasteiger partial charge in [0.2, 0.25) is 0 Å². The molecule has 0 N–H and O–H groups in total. The van der Waals surface area contributed by atoms with Crippen LogP contribution in [0, 0.1) is 11.8 Å². The van der Waals surface area contributed by atoms with Gasteiger partial charge in [0, 0.05) is 11.2 Å². The van der Waals surface area contributed by atoms with Gasteiger partial charge in [0.25, 0.3) is 0 Å². The Hall–Kier alpha value is -1.47. The molecule has 1 saturated carbocycles. The van der Waals surface area contributed by atoms with Crippen molar-refractivity contribution in [1.82, 2.24) is 0 Å². The first-order valence-corrected chi connectivity index (χ1v) is 8.83. The third-order valence-corrected chi connectivity index (χ3v) is 7.18. The first-order valence-electron chi connectivity index (χ1n) is 7.89. The van der Waals surface area contributed by atoms with Crippen LogP contribution in [0.2, 0.25) is 0 Å². The Morgan fingerprint density at radius 2 is 1.48 bits per heavy atom. The monoisotopic (exact) mass is 290 g/mol. The molecule has 1 heterocycles. The summed E-state index contributed by atoms with van der Waals surface area (Å²) in [6.07, 6.45) is 6.33. The van der Waals surface area contributed by atoms with E-state index in [1.165, 1.54) is 12.0 Å². The summed E-state index contributed by atoms with van der Waals surface area (Å²) >= 11 is 2.21. The molecule has 21 heavy (non-hydrogen) atoms. The van der Waals surface area contributed by atoms with E-state index in [4.69, 9.17) is 0 Å². The van der Waals surface area contributed by atoms with Gasteiger partial charge in [0.15, 0.2) is 0 Å². The average Bonchev–Trinajstić information content (AvgIpc) is 3.17. The molecule has 5 atom stereocenters. The quantitative estimate of drug-likeness (QED) is 0.652. The van der Waals surface area contributed by atoms with Crippen molar-refractivity contribution in [2.75, 3.05) is 0 Å². The molecule has 104 valence electrons. The highest BCUT2D eigenvalue weighted by Gasteiger charge is 2.49. The van der Waals surface area contributed by atoms with Gasteiger partial charge < -0.3 is 0 Å². The molecule has 2 bridgehead atoms. The van der Waals surface area contributed by atoms with E-state index >= 15 is 0 Å². The lowest BCUT2D eigenvalue weighted by Crippen LogP contribution is -2.27. The van der Waals surface area contributed by atoms with Crippen LogP contribution in [0.5, 0.6) is 0 Å². The predicted molar refractivity (Wildman–Crippen MR) is 89.6 cm³/mol. The molecular weight excluding hydrogens is 272 g/mol. The molecule has 1 fully saturated rings. The van der Waals surface area contributed by atoms with E-state index in [1.54, 1.807) is 11.1 Å². The molecule has 2 aromatic carbocycles. The number of benzene rings is 2. The summed E-state index contributed by atoms with van der Waals surface area (Å²) in [7, 11) is 0. The lowest BCUT2D eigenvalue weighted by atomic mass is 9.82. The van der Waals surface area contributed by atoms with Gasteiger partial charge in [-0.1, -0.05) is 66.7 Å². The zero-order valence-corrected chi connectivity index (χ0v) is 12.7. The Bertz CT molecular complexity index is 703. The van der Waals surface area contributed by atoms with E-state index in [0.717, 1.165) is 23.0 Å². The smallest absolute Gasteiger partial charge is 0.0552 e. The zero-order valence-electron chi connectivity index (χ0n) is 11.9. The van der Waals surface area contributed by atoms with Crippen LogP contribution in [-0.4, -0.2) is 5.25 Å². The van der Waals surface area contributed by atoms with E-state index < -0.39 is 0 Å². The number of allylic oxidation sites excluding steroid dienone is 2. The van der Waals surface area contributed by atoms with Crippen LogP contribution in [0.1, 0.15) is 34.3 Å². The summed E-state index contributed by atoms with van der Waals surface area (Å²) in [5.41, 5.74) is 4.63. The molecule has 2 aliphatic carbocycles. The standard InChI is InChI=1S/C20H18S/c1-2-6-13(7-3-1)19-17-9-5-4-8-16(17)18-14-10-11-15(12-14)20(18)21-19/h1-11,14-15,18-20H,12H2/t14?,15?,18-,19+,20-/m0/s1. The largest absolute Gasteiger partial charge is 0.144 e. The Morgan fingerprint density at radius 3 is 2.33 bits per heavy atom. The Labute approximate surface area is 130 Å². The van der Waals surface area contributed by atoms with Crippen molar-refractivity contribution >= 4 is 11.8 Å². The van der Waals surface area contributed by atoms with Gasteiger partial charge in [-0.05, 0) is 34.9 Å². The molecule has 0 spiro atoms. The second-order valence-electron chi connectivity index (χ2n) is 6.49. The van der Waals surface area contributed by atoms with Crippen LogP contribution in [0.4, 0.5) is 0 Å². The van der Waals surface area contributed by atoms with E-state index in [2.05, 4.69) is 78.5 Å². The maximum Gasteiger partial charge on any atom is 0.0552 e. The first kappa shape index (κ1) is 12.1. The van der Waals surface area contributed by atoms with E-state index in [-0.39, 0.29) is 0 Å². The fraction of sp³-hybridized carbons (Fsp3) is 0.300. The molecule has 1 heteroatoms. The summed E-state index contributed by atoms with van der Waals surface area (Å²) in [6.45, 7) is 0. The summed E-state index contributed by atoms with van der Waals surface area (Å²) in [5.74, 6) is 2.33. The second kappa shape index (κ2) is 4.51. The summed E-state index contributed by atoms with van der Waals surface area (Å²) in [5, 5.41) is 1.29. The van der Waals surface area contributed by atoms with Crippen molar-refractivity contribution in [3.05, 3.63) is 83.4 Å². The van der Waals surface area contributed by atoms with E-state index in [9.17, 15) is 0 Å². The maximum atomic E-state index is 2.48. The lowest BCUT2D eigenvalue weighted by molar-refractivity contribution is 0.582. The number of fused-ring (bicyclic) bond motifs is 7. The zero-order chi connectivity index (χ0) is 13.8. The third kappa shape index (κ3) is 1.70. The highest BCUT2D eigenvalue weighted by Crippen LogP contribution is 2.61. The molecule has 5 rings (SSSR count). The van der Waals surface area contributed by atoms with Crippen molar-refractivity contribution in [3.8, 4) is 0 Å². The Kier molecular flexibility index (Phi) is 2.60. The minimum atomic E-state index is 0.511. The van der Waals surface area contributed by atoms with E-state index in [0.29, 0.717) is 5.25 Å². The number of rotatable bonds is 1. The highest BCUT2D eigenvalue weighted by atomic mass is 32.2. The molecule has 3 aliphatic rings. The van der Waals surface area contributed by atoms with Crippen LogP contribution < -0.4 is 0 Å². The van der Waals surface area contributed by atoms with Gasteiger partial charge in [0.1, 0.15) is 0 Å². The van der Waals surface area contributed by atoms with Crippen molar-refractivity contribution in [2.24, 2.45) is 11.8 Å². The lowest BCUT2D eigenvalue weighted by Gasteiger charge is -2.38. The normalized spacial score (nSPS) is 35.5. The molecular formula is C20H18S. The van der Waals surface area contributed by atoms with Crippen molar-refractivity contribution < 1.29 is 0 Å². The molecule has 0 nitrogen and oxygen atoms in total. The van der Waals surface area contributed by atoms with Gasteiger partial charge in [0.05, 0.1) is 5.25 Å². The van der Waals surface area contributed by atoms with Gasteiger partial charge in [-0.3, -0.25) is 0 Å². The maximum absolute atomic E-state index is 2.48. The van der Waals surface area contributed by atoms with Crippen molar-refractivity contribution in [2.45, 2.75) is 22.8 Å². The second-order valence-corrected chi connectivity index (χ2v) is 7.78. The molecule has 1 aliphatic heterocycles. The number of thioether (sulfide) groups is 1. The van der Waals surface area contributed by atoms with Crippen LogP contribution in [0.25, 0.3) is 0 Å². The summed E-state index contributed by atoms with van der Waals surface area (Å²) in [6, 6.07) is 20.2. The molecule has 0 amide bonds. The number of hydrogen-bond donors (Lipinski definition) is 0. The van der Waals surface area contributed by atoms with Crippen LogP contribution in [0.15, 0.2) is 66.7 Å². The van der Waals surface area contributed by atoms with Gasteiger partial charge in [-0.2, -0.15) is 0 Å². The SMILES string of the molecule is C1=CC2CC1[C@H]1c3ccccc3[C@@H](c3ccccc3)S[C@@H]21. The van der Waals surface area contributed by atoms with Crippen LogP contribution >= 0.6 is 11.8 Å². The molecule has 0 radical (unpaired) electrons.